The SMILES string of the molecule is CCCOc1ccc(C(=O)NCC(=O)N/N=C/c2ccc(OCc3ccc(Cl)cc3)c(OC)c2)cc1. The quantitative estimate of drug-likeness (QED) is 0.275. The summed E-state index contributed by atoms with van der Waals surface area (Å²) >= 11 is 5.91. The number of nitrogens with one attached hydrogen (secondary N) is 2. The summed E-state index contributed by atoms with van der Waals surface area (Å²) in [5.41, 5.74) is 4.48. The third kappa shape index (κ3) is 8.32. The third-order valence-corrected chi connectivity index (χ3v) is 5.15. The Balaban J connectivity index is 1.46. The predicted molar refractivity (Wildman–Crippen MR) is 139 cm³/mol. The fourth-order valence-corrected chi connectivity index (χ4v) is 3.15. The zero-order chi connectivity index (χ0) is 25.8. The third-order valence-electron chi connectivity index (χ3n) is 4.90. The van der Waals surface area contributed by atoms with E-state index in [1.54, 1.807) is 61.7 Å². The maximum atomic E-state index is 12.2. The Morgan fingerprint density at radius 1 is 0.972 bits per heavy atom. The second kappa shape index (κ2) is 13.7. The van der Waals surface area contributed by atoms with E-state index in [1.165, 1.54) is 6.21 Å². The smallest absolute Gasteiger partial charge is 0.259 e. The van der Waals surface area contributed by atoms with Crippen LogP contribution < -0.4 is 25.0 Å². The first-order chi connectivity index (χ1) is 17.5. The highest BCUT2D eigenvalue weighted by atomic mass is 35.5. The molecule has 0 spiro atoms. The summed E-state index contributed by atoms with van der Waals surface area (Å²) in [6.45, 7) is 2.77. The van der Waals surface area contributed by atoms with Gasteiger partial charge < -0.3 is 19.5 Å². The molecule has 0 saturated heterocycles. The number of hydrazone groups is 1. The van der Waals surface area contributed by atoms with Gasteiger partial charge in [-0.15, -0.1) is 0 Å². The average Bonchev–Trinajstić information content (AvgIpc) is 2.90. The van der Waals surface area contributed by atoms with Crippen molar-refractivity contribution in [2.75, 3.05) is 20.3 Å². The van der Waals surface area contributed by atoms with E-state index in [2.05, 4.69) is 15.8 Å². The van der Waals surface area contributed by atoms with Gasteiger partial charge in [0.15, 0.2) is 11.5 Å². The minimum Gasteiger partial charge on any atom is -0.494 e. The Labute approximate surface area is 215 Å². The fourth-order valence-electron chi connectivity index (χ4n) is 3.03. The first-order valence-corrected chi connectivity index (χ1v) is 11.7. The number of halogens is 1. The van der Waals surface area contributed by atoms with Gasteiger partial charge in [0.25, 0.3) is 11.8 Å². The zero-order valence-corrected chi connectivity index (χ0v) is 20.9. The van der Waals surface area contributed by atoms with E-state index >= 15 is 0 Å². The van der Waals surface area contributed by atoms with Crippen LogP contribution in [-0.2, 0) is 11.4 Å². The molecule has 0 aliphatic rings. The normalized spacial score (nSPS) is 10.6. The number of benzene rings is 3. The lowest BCUT2D eigenvalue weighted by atomic mass is 10.2. The summed E-state index contributed by atoms with van der Waals surface area (Å²) in [5.74, 6) is 0.963. The number of methoxy groups -OCH3 is 1. The Hall–Kier alpha value is -4.04. The van der Waals surface area contributed by atoms with Gasteiger partial charge in [-0.05, 0) is 72.1 Å². The highest BCUT2D eigenvalue weighted by Gasteiger charge is 2.09. The molecular formula is C27H28ClN3O5. The molecule has 0 fully saturated rings. The molecule has 3 rings (SSSR count). The number of carbonyl (C=O) groups is 2. The van der Waals surface area contributed by atoms with Gasteiger partial charge in [-0.25, -0.2) is 5.43 Å². The van der Waals surface area contributed by atoms with Gasteiger partial charge in [-0.3, -0.25) is 9.59 Å². The summed E-state index contributed by atoms with van der Waals surface area (Å²) in [6, 6.07) is 19.4. The number of hydrogen-bond donors (Lipinski definition) is 2. The molecule has 0 aliphatic carbocycles. The zero-order valence-electron chi connectivity index (χ0n) is 20.1. The molecule has 3 aromatic carbocycles. The van der Waals surface area contributed by atoms with Crippen LogP contribution in [0.25, 0.3) is 0 Å². The van der Waals surface area contributed by atoms with E-state index in [0.717, 1.165) is 12.0 Å². The summed E-state index contributed by atoms with van der Waals surface area (Å²) in [7, 11) is 1.54. The van der Waals surface area contributed by atoms with Crippen LogP contribution in [0, 0.1) is 0 Å². The summed E-state index contributed by atoms with van der Waals surface area (Å²) in [6.07, 6.45) is 2.37. The largest absolute Gasteiger partial charge is 0.494 e. The van der Waals surface area contributed by atoms with Crippen molar-refractivity contribution in [1.29, 1.82) is 0 Å². The highest BCUT2D eigenvalue weighted by Crippen LogP contribution is 2.28. The molecule has 0 aliphatic heterocycles. The second-order valence-electron chi connectivity index (χ2n) is 7.67. The molecule has 0 heterocycles. The lowest BCUT2D eigenvalue weighted by Crippen LogP contribution is -2.34. The van der Waals surface area contributed by atoms with Gasteiger partial charge in [-0.1, -0.05) is 30.7 Å². The topological polar surface area (TPSA) is 98.2 Å². The minimum atomic E-state index is -0.461. The van der Waals surface area contributed by atoms with Crippen molar-refractivity contribution in [3.63, 3.8) is 0 Å². The first-order valence-electron chi connectivity index (χ1n) is 11.4. The summed E-state index contributed by atoms with van der Waals surface area (Å²) < 4.78 is 16.7. The van der Waals surface area contributed by atoms with E-state index in [9.17, 15) is 9.59 Å². The van der Waals surface area contributed by atoms with Gasteiger partial charge >= 0.3 is 0 Å². The molecule has 0 atom stereocenters. The number of rotatable bonds is 12. The molecule has 0 aromatic heterocycles. The standard InChI is InChI=1S/C27H28ClN3O5/c1-3-14-35-23-11-7-21(8-12-23)27(33)29-17-26(32)31-30-16-20-6-13-24(25(15-20)34-2)36-18-19-4-9-22(28)10-5-19/h4-13,15-16H,3,14,17-18H2,1-2H3,(H,29,33)(H,31,32)/b30-16+. The Morgan fingerprint density at radius 3 is 2.42 bits per heavy atom. The van der Waals surface area contributed by atoms with Crippen LogP contribution in [0.1, 0.15) is 34.8 Å². The molecular weight excluding hydrogens is 482 g/mol. The highest BCUT2D eigenvalue weighted by molar-refractivity contribution is 6.30. The molecule has 2 N–H and O–H groups in total. The molecule has 0 saturated carbocycles. The molecule has 0 bridgehead atoms. The van der Waals surface area contributed by atoms with Crippen molar-refractivity contribution in [2.45, 2.75) is 20.0 Å². The van der Waals surface area contributed by atoms with Crippen LogP contribution in [-0.4, -0.2) is 38.3 Å². The molecule has 8 nitrogen and oxygen atoms in total. The van der Waals surface area contributed by atoms with Crippen LogP contribution in [0.5, 0.6) is 17.2 Å². The molecule has 0 radical (unpaired) electrons. The molecule has 0 unspecified atom stereocenters. The van der Waals surface area contributed by atoms with Crippen molar-refractivity contribution in [1.82, 2.24) is 10.7 Å². The molecule has 9 heteroatoms. The summed E-state index contributed by atoms with van der Waals surface area (Å²) in [5, 5.41) is 7.16. The van der Waals surface area contributed by atoms with Gasteiger partial charge in [0.1, 0.15) is 12.4 Å². The Bertz CT molecular complexity index is 1180. The van der Waals surface area contributed by atoms with E-state index < -0.39 is 5.91 Å². The van der Waals surface area contributed by atoms with Crippen LogP contribution >= 0.6 is 11.6 Å². The number of carbonyl (C=O) groups excluding carboxylic acids is 2. The maximum absolute atomic E-state index is 12.2. The first kappa shape index (κ1) is 26.6. The van der Waals surface area contributed by atoms with Gasteiger partial charge in [0.05, 0.1) is 26.5 Å². The van der Waals surface area contributed by atoms with E-state index in [4.69, 9.17) is 25.8 Å². The molecule has 188 valence electrons. The van der Waals surface area contributed by atoms with Crippen LogP contribution in [0.4, 0.5) is 0 Å². The van der Waals surface area contributed by atoms with Crippen molar-refractivity contribution >= 4 is 29.6 Å². The lowest BCUT2D eigenvalue weighted by Gasteiger charge is -2.11. The minimum absolute atomic E-state index is 0.217. The number of amides is 2. The summed E-state index contributed by atoms with van der Waals surface area (Å²) in [4.78, 5) is 24.3. The average molecular weight is 510 g/mol. The fraction of sp³-hybridized carbons (Fsp3) is 0.222. The van der Waals surface area contributed by atoms with Gasteiger partial charge in [0, 0.05) is 10.6 Å². The second-order valence-corrected chi connectivity index (χ2v) is 8.11. The van der Waals surface area contributed by atoms with Crippen LogP contribution in [0.3, 0.4) is 0 Å². The van der Waals surface area contributed by atoms with Crippen molar-refractivity contribution in [3.8, 4) is 17.2 Å². The number of ether oxygens (including phenoxy) is 3. The Kier molecular flexibility index (Phi) is 10.1. The van der Waals surface area contributed by atoms with Gasteiger partial charge in [0.2, 0.25) is 0 Å². The van der Waals surface area contributed by atoms with E-state index in [1.807, 2.05) is 19.1 Å². The van der Waals surface area contributed by atoms with Crippen LogP contribution in [0.15, 0.2) is 71.8 Å². The van der Waals surface area contributed by atoms with Gasteiger partial charge in [-0.2, -0.15) is 5.10 Å². The molecule has 36 heavy (non-hydrogen) atoms. The molecule has 2 amide bonds. The lowest BCUT2D eigenvalue weighted by molar-refractivity contribution is -0.120. The number of nitrogens with zero attached hydrogens (tertiary/aromatic N) is 1. The van der Waals surface area contributed by atoms with Crippen molar-refractivity contribution < 1.29 is 23.8 Å². The van der Waals surface area contributed by atoms with E-state index in [-0.39, 0.29) is 12.5 Å². The monoisotopic (exact) mass is 509 g/mol. The van der Waals surface area contributed by atoms with E-state index in [0.29, 0.717) is 46.6 Å². The van der Waals surface area contributed by atoms with Crippen LogP contribution in [0.2, 0.25) is 5.02 Å². The maximum Gasteiger partial charge on any atom is 0.259 e. The Morgan fingerprint density at radius 2 is 1.72 bits per heavy atom. The van der Waals surface area contributed by atoms with Crippen molar-refractivity contribution in [2.24, 2.45) is 5.10 Å². The number of hydrogen-bond acceptors (Lipinski definition) is 6. The van der Waals surface area contributed by atoms with Crippen molar-refractivity contribution in [3.05, 3.63) is 88.4 Å². The predicted octanol–water partition coefficient (Wildman–Crippen LogP) is 4.60. The molecule has 3 aromatic rings.